The highest BCUT2D eigenvalue weighted by molar-refractivity contribution is 5.95. The molecule has 2 rings (SSSR count). The zero-order valence-electron chi connectivity index (χ0n) is 18.4. The van der Waals surface area contributed by atoms with Gasteiger partial charge in [-0.05, 0) is 38.2 Å². The van der Waals surface area contributed by atoms with Crippen LogP contribution in [0.2, 0.25) is 0 Å². The number of carboxylic acids is 2. The Hall–Kier alpha value is -3.47. The third-order valence-corrected chi connectivity index (χ3v) is 5.46. The van der Waals surface area contributed by atoms with Gasteiger partial charge < -0.3 is 31.5 Å². The van der Waals surface area contributed by atoms with E-state index in [0.717, 1.165) is 5.56 Å². The molecular formula is C22H30N4O7. The largest absolute Gasteiger partial charge is 0.481 e. The van der Waals surface area contributed by atoms with Crippen LogP contribution < -0.4 is 16.4 Å². The Morgan fingerprint density at radius 2 is 1.73 bits per heavy atom. The van der Waals surface area contributed by atoms with Crippen molar-refractivity contribution in [2.75, 3.05) is 6.54 Å². The molecule has 1 fully saturated rings. The van der Waals surface area contributed by atoms with E-state index in [2.05, 4.69) is 10.6 Å². The van der Waals surface area contributed by atoms with Crippen LogP contribution in [0.15, 0.2) is 30.3 Å². The molecule has 0 radical (unpaired) electrons. The molecule has 4 atom stereocenters. The number of hydrogen-bond acceptors (Lipinski definition) is 6. The normalized spacial score (nSPS) is 17.8. The maximum absolute atomic E-state index is 12.9. The Kier molecular flexibility index (Phi) is 9.34. The minimum absolute atomic E-state index is 0.160. The minimum Gasteiger partial charge on any atom is -0.481 e. The summed E-state index contributed by atoms with van der Waals surface area (Å²) >= 11 is 0. The fourth-order valence-corrected chi connectivity index (χ4v) is 3.43. The molecule has 3 amide bonds. The number of likely N-dealkylation sites (tertiary alicyclic amines) is 1. The van der Waals surface area contributed by atoms with E-state index < -0.39 is 53.8 Å². The third-order valence-electron chi connectivity index (χ3n) is 5.46. The van der Waals surface area contributed by atoms with Crippen molar-refractivity contribution in [3.05, 3.63) is 35.9 Å². The second-order valence-corrected chi connectivity index (χ2v) is 8.04. The Labute approximate surface area is 191 Å². The van der Waals surface area contributed by atoms with Gasteiger partial charge in [0.05, 0.1) is 6.04 Å². The number of nitrogens with zero attached hydrogens (tertiary/aromatic N) is 1. The van der Waals surface area contributed by atoms with E-state index in [4.69, 9.17) is 10.8 Å². The molecule has 6 N–H and O–H groups in total. The van der Waals surface area contributed by atoms with Crippen LogP contribution in [0.25, 0.3) is 0 Å². The zero-order valence-corrected chi connectivity index (χ0v) is 18.4. The highest BCUT2D eigenvalue weighted by Crippen LogP contribution is 2.20. The quantitative estimate of drug-likeness (QED) is 0.275. The fourth-order valence-electron chi connectivity index (χ4n) is 3.43. The van der Waals surface area contributed by atoms with Crippen LogP contribution >= 0.6 is 0 Å². The highest BCUT2D eigenvalue weighted by Gasteiger charge is 2.41. The third kappa shape index (κ3) is 7.56. The summed E-state index contributed by atoms with van der Waals surface area (Å²) in [6, 6.07) is 5.18. The summed E-state index contributed by atoms with van der Waals surface area (Å²) in [5.74, 6) is -4.14. The van der Waals surface area contributed by atoms with E-state index in [1.807, 2.05) is 30.3 Å². The number of rotatable bonds is 12. The predicted molar refractivity (Wildman–Crippen MR) is 117 cm³/mol. The van der Waals surface area contributed by atoms with Crippen molar-refractivity contribution in [2.24, 2.45) is 5.73 Å². The standard InChI is InChI=1S/C22H30N4O7/c1-13(23)19(29)24-15(9-10-18(27)28)21(31)26-12-11-17(26)20(30)25-16(22(32)33)8-7-14-5-3-2-4-6-14/h2-6,13,15-17H,7-12,23H2,1H3,(H,24,29)(H,25,30)(H,27,28)(H,32,33)/t13-,15-,16-,17-/m0/s1. The minimum atomic E-state index is -1.18. The lowest BCUT2D eigenvalue weighted by atomic mass is 9.97. The van der Waals surface area contributed by atoms with Crippen LogP contribution in [0, 0.1) is 0 Å². The molecule has 1 aromatic rings. The van der Waals surface area contributed by atoms with Crippen molar-refractivity contribution >= 4 is 29.7 Å². The lowest BCUT2D eigenvalue weighted by Gasteiger charge is -2.42. The molecule has 0 aliphatic carbocycles. The molecule has 11 heteroatoms. The number of hydrogen-bond donors (Lipinski definition) is 5. The van der Waals surface area contributed by atoms with Crippen molar-refractivity contribution < 1.29 is 34.2 Å². The van der Waals surface area contributed by atoms with Gasteiger partial charge in [0.15, 0.2) is 0 Å². The number of amides is 3. The SMILES string of the molecule is C[C@H](N)C(=O)N[C@@H](CCC(=O)O)C(=O)N1CC[C@H]1C(=O)N[C@@H](CCc1ccccc1)C(=O)O. The van der Waals surface area contributed by atoms with Gasteiger partial charge >= 0.3 is 11.9 Å². The van der Waals surface area contributed by atoms with Gasteiger partial charge in [-0.3, -0.25) is 19.2 Å². The summed E-state index contributed by atoms with van der Waals surface area (Å²) in [6.45, 7) is 1.66. The number of nitrogens with two attached hydrogens (primary N) is 1. The number of aryl methyl sites for hydroxylation is 1. The Morgan fingerprint density at radius 1 is 1.06 bits per heavy atom. The van der Waals surface area contributed by atoms with Gasteiger partial charge in [0, 0.05) is 13.0 Å². The molecule has 0 spiro atoms. The average molecular weight is 463 g/mol. The summed E-state index contributed by atoms with van der Waals surface area (Å²) in [5.41, 5.74) is 6.45. The van der Waals surface area contributed by atoms with Gasteiger partial charge in [-0.1, -0.05) is 30.3 Å². The Bertz CT molecular complexity index is 875. The van der Waals surface area contributed by atoms with Gasteiger partial charge in [0.2, 0.25) is 17.7 Å². The van der Waals surface area contributed by atoms with Crippen LogP contribution in [-0.2, 0) is 30.4 Å². The average Bonchev–Trinajstić information content (AvgIpc) is 2.73. The van der Waals surface area contributed by atoms with Crippen molar-refractivity contribution in [1.82, 2.24) is 15.5 Å². The first-order chi connectivity index (χ1) is 15.6. The molecular weight excluding hydrogens is 432 g/mol. The van der Waals surface area contributed by atoms with Crippen LogP contribution in [0.3, 0.4) is 0 Å². The molecule has 1 aliphatic heterocycles. The second-order valence-electron chi connectivity index (χ2n) is 8.04. The predicted octanol–water partition coefficient (Wildman–Crippen LogP) is -0.514. The lowest BCUT2D eigenvalue weighted by molar-refractivity contribution is -0.152. The van der Waals surface area contributed by atoms with Gasteiger partial charge in [0.1, 0.15) is 18.1 Å². The van der Waals surface area contributed by atoms with E-state index >= 15 is 0 Å². The molecule has 0 saturated carbocycles. The summed E-state index contributed by atoms with van der Waals surface area (Å²) in [4.78, 5) is 61.4. The molecule has 33 heavy (non-hydrogen) atoms. The summed E-state index contributed by atoms with van der Waals surface area (Å²) in [6.07, 6.45) is 0.437. The molecule has 0 unspecified atom stereocenters. The maximum Gasteiger partial charge on any atom is 0.326 e. The number of carbonyl (C=O) groups is 5. The van der Waals surface area contributed by atoms with Crippen molar-refractivity contribution in [3.8, 4) is 0 Å². The van der Waals surface area contributed by atoms with Crippen molar-refractivity contribution in [2.45, 2.75) is 63.2 Å². The second kappa shape index (κ2) is 12.0. The first kappa shape index (κ1) is 25.8. The molecule has 11 nitrogen and oxygen atoms in total. The van der Waals surface area contributed by atoms with E-state index in [-0.39, 0.29) is 25.8 Å². The van der Waals surface area contributed by atoms with Crippen LogP contribution in [0.5, 0.6) is 0 Å². The molecule has 0 bridgehead atoms. The smallest absolute Gasteiger partial charge is 0.326 e. The zero-order chi connectivity index (χ0) is 24.5. The van der Waals surface area contributed by atoms with Gasteiger partial charge in [-0.15, -0.1) is 0 Å². The number of aliphatic carboxylic acids is 2. The summed E-state index contributed by atoms with van der Waals surface area (Å²) in [7, 11) is 0. The molecule has 1 heterocycles. The van der Waals surface area contributed by atoms with Gasteiger partial charge in [0.25, 0.3) is 0 Å². The van der Waals surface area contributed by atoms with Crippen LogP contribution in [0.1, 0.15) is 38.2 Å². The molecule has 0 aromatic heterocycles. The summed E-state index contributed by atoms with van der Waals surface area (Å²) < 4.78 is 0. The number of benzene rings is 1. The number of carbonyl (C=O) groups excluding carboxylic acids is 3. The highest BCUT2D eigenvalue weighted by atomic mass is 16.4. The number of carboxylic acid groups (broad SMARTS) is 2. The topological polar surface area (TPSA) is 179 Å². The van der Waals surface area contributed by atoms with E-state index in [9.17, 15) is 29.1 Å². The van der Waals surface area contributed by atoms with Crippen LogP contribution in [-0.4, -0.2) is 75.5 Å². The first-order valence-electron chi connectivity index (χ1n) is 10.8. The lowest BCUT2D eigenvalue weighted by Crippen LogP contribution is -2.64. The first-order valence-corrected chi connectivity index (χ1v) is 10.8. The molecule has 1 aliphatic rings. The fraction of sp³-hybridized carbons (Fsp3) is 0.500. The van der Waals surface area contributed by atoms with E-state index in [1.165, 1.54) is 11.8 Å². The maximum atomic E-state index is 12.9. The van der Waals surface area contributed by atoms with Gasteiger partial charge in [-0.2, -0.15) is 0 Å². The van der Waals surface area contributed by atoms with Crippen molar-refractivity contribution in [3.63, 3.8) is 0 Å². The molecule has 180 valence electrons. The summed E-state index contributed by atoms with van der Waals surface area (Å²) in [5, 5.41) is 23.4. The monoisotopic (exact) mass is 462 g/mol. The Morgan fingerprint density at radius 3 is 2.24 bits per heavy atom. The number of nitrogens with one attached hydrogen (secondary N) is 2. The van der Waals surface area contributed by atoms with Gasteiger partial charge in [-0.25, -0.2) is 4.79 Å². The molecule has 1 saturated heterocycles. The van der Waals surface area contributed by atoms with Crippen LogP contribution in [0.4, 0.5) is 0 Å². The van der Waals surface area contributed by atoms with E-state index in [1.54, 1.807) is 0 Å². The molecule has 1 aromatic carbocycles. The Balaban J connectivity index is 2.01. The van der Waals surface area contributed by atoms with E-state index in [0.29, 0.717) is 12.8 Å². The van der Waals surface area contributed by atoms with Crippen molar-refractivity contribution in [1.29, 1.82) is 0 Å².